The summed E-state index contributed by atoms with van der Waals surface area (Å²) >= 11 is 0. The number of ether oxygens (including phenoxy) is 1. The molecule has 20 heavy (non-hydrogen) atoms. The van der Waals surface area contributed by atoms with Crippen molar-refractivity contribution >= 4 is 5.97 Å². The highest BCUT2D eigenvalue weighted by molar-refractivity contribution is 5.81. The van der Waals surface area contributed by atoms with Crippen LogP contribution in [0.15, 0.2) is 5.11 Å². The van der Waals surface area contributed by atoms with E-state index in [-0.39, 0.29) is 5.97 Å². The van der Waals surface area contributed by atoms with E-state index in [0.717, 1.165) is 32.1 Å². The number of piperidine rings is 1. The minimum Gasteiger partial charge on any atom is -0.468 e. The van der Waals surface area contributed by atoms with Crippen LogP contribution in [0.25, 0.3) is 10.4 Å². The Bertz CT molecular complexity index is 394. The highest BCUT2D eigenvalue weighted by Gasteiger charge is 2.51. The molecule has 112 valence electrons. The average molecular weight is 281 g/mol. The quantitative estimate of drug-likeness (QED) is 0.262. The number of rotatable bonds is 6. The van der Waals surface area contributed by atoms with Crippen LogP contribution in [0.1, 0.15) is 32.1 Å². The summed E-state index contributed by atoms with van der Waals surface area (Å²) in [5, 5.41) is 6.89. The zero-order chi connectivity index (χ0) is 14.6. The van der Waals surface area contributed by atoms with Gasteiger partial charge in [0.05, 0.1) is 7.11 Å². The van der Waals surface area contributed by atoms with Crippen molar-refractivity contribution in [1.29, 1.82) is 0 Å². The molecular formula is C13H23N5O2. The lowest BCUT2D eigenvalue weighted by Gasteiger charge is -2.43. The normalized spacial score (nSPS) is 32.7. The van der Waals surface area contributed by atoms with Crippen LogP contribution in [0, 0.1) is 0 Å². The molecular weight excluding hydrogens is 258 g/mol. The topological polar surface area (TPSA) is 90.3 Å². The molecule has 2 aliphatic heterocycles. The largest absolute Gasteiger partial charge is 0.468 e. The van der Waals surface area contributed by atoms with Crippen molar-refractivity contribution in [1.82, 2.24) is 10.2 Å². The second kappa shape index (κ2) is 6.43. The summed E-state index contributed by atoms with van der Waals surface area (Å²) in [6, 6.07) is 0.912. The lowest BCUT2D eigenvalue weighted by Crippen LogP contribution is -2.61. The Hall–Kier alpha value is -1.30. The van der Waals surface area contributed by atoms with Gasteiger partial charge in [-0.15, -0.1) is 0 Å². The van der Waals surface area contributed by atoms with Gasteiger partial charge in [-0.3, -0.25) is 4.79 Å². The first-order valence-corrected chi connectivity index (χ1v) is 7.19. The van der Waals surface area contributed by atoms with Gasteiger partial charge in [0.1, 0.15) is 5.54 Å². The molecule has 7 nitrogen and oxygen atoms in total. The molecule has 0 spiro atoms. The van der Waals surface area contributed by atoms with Gasteiger partial charge in [0.15, 0.2) is 0 Å². The Balaban J connectivity index is 2.00. The van der Waals surface area contributed by atoms with Crippen LogP contribution < -0.4 is 5.32 Å². The molecule has 2 atom stereocenters. The van der Waals surface area contributed by atoms with Crippen molar-refractivity contribution in [3.05, 3.63) is 10.4 Å². The number of nitrogens with zero attached hydrogens (tertiary/aromatic N) is 4. The fourth-order valence-electron chi connectivity index (χ4n) is 3.57. The lowest BCUT2D eigenvalue weighted by molar-refractivity contribution is -0.152. The van der Waals surface area contributed by atoms with E-state index >= 15 is 0 Å². The zero-order valence-corrected chi connectivity index (χ0v) is 12.2. The van der Waals surface area contributed by atoms with E-state index in [4.69, 9.17) is 10.3 Å². The van der Waals surface area contributed by atoms with Gasteiger partial charge in [0, 0.05) is 23.5 Å². The number of fused-ring (bicyclic) bond motifs is 2. The Morgan fingerprint density at radius 2 is 2.15 bits per heavy atom. The van der Waals surface area contributed by atoms with Gasteiger partial charge < -0.3 is 15.0 Å². The highest BCUT2D eigenvalue weighted by Crippen LogP contribution is 2.40. The van der Waals surface area contributed by atoms with Crippen molar-refractivity contribution in [3.63, 3.8) is 0 Å². The monoisotopic (exact) mass is 281 g/mol. The van der Waals surface area contributed by atoms with Crippen LogP contribution >= 0.6 is 0 Å². The summed E-state index contributed by atoms with van der Waals surface area (Å²) in [6.45, 7) is 1.12. The van der Waals surface area contributed by atoms with E-state index in [9.17, 15) is 4.79 Å². The third-order valence-electron chi connectivity index (χ3n) is 4.69. The molecule has 2 aliphatic rings. The first-order valence-electron chi connectivity index (χ1n) is 7.19. The number of esters is 1. The molecule has 0 aromatic carbocycles. The third kappa shape index (κ3) is 2.90. The Labute approximate surface area is 119 Å². The first-order chi connectivity index (χ1) is 9.63. The molecule has 0 saturated carbocycles. The molecule has 0 amide bonds. The minimum atomic E-state index is -0.566. The Kier molecular flexibility index (Phi) is 4.86. The summed E-state index contributed by atoms with van der Waals surface area (Å²) < 4.78 is 5.03. The van der Waals surface area contributed by atoms with Gasteiger partial charge in [0.25, 0.3) is 0 Å². The fourth-order valence-corrected chi connectivity index (χ4v) is 3.57. The van der Waals surface area contributed by atoms with Crippen LogP contribution in [-0.2, 0) is 9.53 Å². The molecule has 2 rings (SSSR count). The molecule has 2 saturated heterocycles. The molecule has 0 aromatic heterocycles. The second-order valence-electron chi connectivity index (χ2n) is 5.77. The van der Waals surface area contributed by atoms with Crippen molar-refractivity contribution in [2.75, 3.05) is 27.2 Å². The summed E-state index contributed by atoms with van der Waals surface area (Å²) in [5.74, 6) is -0.161. The maximum atomic E-state index is 12.2. The van der Waals surface area contributed by atoms with Crippen molar-refractivity contribution in [2.45, 2.75) is 49.7 Å². The molecule has 0 radical (unpaired) electrons. The van der Waals surface area contributed by atoms with Crippen LogP contribution in [0.5, 0.6) is 0 Å². The maximum Gasteiger partial charge on any atom is 0.326 e. The summed E-state index contributed by atoms with van der Waals surface area (Å²) in [5.41, 5.74) is 7.69. The van der Waals surface area contributed by atoms with E-state index in [0.29, 0.717) is 25.2 Å². The standard InChI is InChI=1S/C13H23N5O2/c1-18-10-4-5-11(18)9-13(8-10,12(19)20-2)15-6-3-7-16-17-14/h10-11,15H,3-9H2,1-2H3. The van der Waals surface area contributed by atoms with Crippen LogP contribution in [0.2, 0.25) is 0 Å². The predicted molar refractivity (Wildman–Crippen MR) is 75.2 cm³/mol. The van der Waals surface area contributed by atoms with E-state index in [1.165, 1.54) is 7.11 Å². The number of azide groups is 1. The van der Waals surface area contributed by atoms with Crippen molar-refractivity contribution < 1.29 is 9.53 Å². The summed E-state index contributed by atoms with van der Waals surface area (Å²) in [4.78, 5) is 17.4. The number of hydrogen-bond acceptors (Lipinski definition) is 5. The van der Waals surface area contributed by atoms with E-state index in [2.05, 4.69) is 27.3 Å². The van der Waals surface area contributed by atoms with Crippen molar-refractivity contribution in [2.24, 2.45) is 5.11 Å². The molecule has 1 N–H and O–H groups in total. The predicted octanol–water partition coefficient (Wildman–Crippen LogP) is 1.44. The van der Waals surface area contributed by atoms with Gasteiger partial charge in [-0.25, -0.2) is 0 Å². The second-order valence-corrected chi connectivity index (χ2v) is 5.77. The van der Waals surface area contributed by atoms with E-state index in [1.54, 1.807) is 0 Å². The Morgan fingerprint density at radius 3 is 2.70 bits per heavy atom. The molecule has 2 fully saturated rings. The first kappa shape index (κ1) is 15.1. The number of hydrogen-bond donors (Lipinski definition) is 1. The molecule has 0 aromatic rings. The number of carbonyl (C=O) groups is 1. The molecule has 2 heterocycles. The summed E-state index contributed by atoms with van der Waals surface area (Å²) in [6.07, 6.45) is 4.64. The van der Waals surface area contributed by atoms with E-state index < -0.39 is 5.54 Å². The lowest BCUT2D eigenvalue weighted by atomic mass is 9.82. The molecule has 2 unspecified atom stereocenters. The third-order valence-corrected chi connectivity index (χ3v) is 4.69. The van der Waals surface area contributed by atoms with Crippen LogP contribution in [-0.4, -0.2) is 55.7 Å². The van der Waals surface area contributed by atoms with Crippen LogP contribution in [0.3, 0.4) is 0 Å². The minimum absolute atomic E-state index is 0.161. The van der Waals surface area contributed by atoms with Gasteiger partial charge in [0.2, 0.25) is 0 Å². The SMILES string of the molecule is COC(=O)C1(NCCCN=[N+]=[N-])CC2CCC(C1)N2C. The van der Waals surface area contributed by atoms with Gasteiger partial charge in [-0.1, -0.05) is 5.11 Å². The smallest absolute Gasteiger partial charge is 0.326 e. The van der Waals surface area contributed by atoms with Gasteiger partial charge >= 0.3 is 5.97 Å². The number of carbonyl (C=O) groups excluding carboxylic acids is 1. The van der Waals surface area contributed by atoms with Crippen molar-refractivity contribution in [3.8, 4) is 0 Å². The van der Waals surface area contributed by atoms with E-state index in [1.807, 2.05) is 0 Å². The summed E-state index contributed by atoms with van der Waals surface area (Å²) in [7, 11) is 3.59. The molecule has 2 bridgehead atoms. The maximum absolute atomic E-state index is 12.2. The Morgan fingerprint density at radius 1 is 1.50 bits per heavy atom. The fraction of sp³-hybridized carbons (Fsp3) is 0.923. The molecule has 7 heteroatoms. The number of nitrogens with one attached hydrogen (secondary N) is 1. The molecule has 0 aliphatic carbocycles. The van der Waals surface area contributed by atoms with Crippen LogP contribution in [0.4, 0.5) is 0 Å². The average Bonchev–Trinajstić information content (AvgIpc) is 2.68. The van der Waals surface area contributed by atoms with Gasteiger partial charge in [-0.2, -0.15) is 0 Å². The number of methoxy groups -OCH3 is 1. The van der Waals surface area contributed by atoms with Gasteiger partial charge in [-0.05, 0) is 51.2 Å². The zero-order valence-electron chi connectivity index (χ0n) is 12.2. The highest BCUT2D eigenvalue weighted by atomic mass is 16.5.